The molecule has 2 aromatic carbocycles. The Morgan fingerprint density at radius 3 is 2.00 bits per heavy atom. The summed E-state index contributed by atoms with van der Waals surface area (Å²) < 4.78 is 0. The maximum absolute atomic E-state index is 11.4. The van der Waals surface area contributed by atoms with Gasteiger partial charge in [0.2, 0.25) is 0 Å². The van der Waals surface area contributed by atoms with Crippen LogP contribution in [0, 0.1) is 0 Å². The van der Waals surface area contributed by atoms with Crippen LogP contribution in [0.4, 0.5) is 0 Å². The monoisotopic (exact) mass is 242 g/mol. The third-order valence-corrected chi connectivity index (χ3v) is 3.48. The maximum Gasteiger partial charge on any atom is 0.336 e. The Kier molecular flexibility index (Phi) is 2.13. The number of fused-ring (bicyclic) bond motifs is 4. The first kappa shape index (κ1) is 10.8. The molecule has 18 heavy (non-hydrogen) atoms. The van der Waals surface area contributed by atoms with Crippen LogP contribution in [-0.4, -0.2) is 22.2 Å². The minimum Gasteiger partial charge on any atom is -0.478 e. The Morgan fingerprint density at radius 2 is 1.39 bits per heavy atom. The van der Waals surface area contributed by atoms with Crippen LogP contribution >= 0.6 is 0 Å². The SMILES string of the molecule is O=C(O)c1c2c(C(=O)O)c3ccccc3c1CC2. The fraction of sp³-hybridized carbons (Fsp3) is 0.143. The molecule has 0 aliphatic heterocycles. The summed E-state index contributed by atoms with van der Waals surface area (Å²) in [6.45, 7) is 0. The number of benzene rings is 2. The molecule has 0 fully saturated rings. The summed E-state index contributed by atoms with van der Waals surface area (Å²) in [5.41, 5.74) is 1.55. The molecule has 0 atom stereocenters. The molecule has 0 unspecified atom stereocenters. The van der Waals surface area contributed by atoms with E-state index in [0.29, 0.717) is 23.8 Å². The third kappa shape index (κ3) is 1.26. The molecule has 0 aromatic heterocycles. The molecule has 0 saturated carbocycles. The Labute approximate surface area is 102 Å². The molecule has 0 spiro atoms. The van der Waals surface area contributed by atoms with E-state index in [9.17, 15) is 19.8 Å². The van der Waals surface area contributed by atoms with Gasteiger partial charge in [-0.25, -0.2) is 9.59 Å². The third-order valence-electron chi connectivity index (χ3n) is 3.48. The van der Waals surface area contributed by atoms with Gasteiger partial charge >= 0.3 is 11.9 Å². The zero-order chi connectivity index (χ0) is 12.9. The van der Waals surface area contributed by atoms with Crippen molar-refractivity contribution in [1.29, 1.82) is 0 Å². The highest BCUT2D eigenvalue weighted by Gasteiger charge is 2.30. The van der Waals surface area contributed by atoms with E-state index in [2.05, 4.69) is 0 Å². The molecule has 3 rings (SSSR count). The second kappa shape index (κ2) is 3.57. The van der Waals surface area contributed by atoms with Gasteiger partial charge in [-0.05, 0) is 34.7 Å². The van der Waals surface area contributed by atoms with Crippen LogP contribution < -0.4 is 0 Å². The van der Waals surface area contributed by atoms with Crippen LogP contribution in [0.1, 0.15) is 31.8 Å². The van der Waals surface area contributed by atoms with Crippen molar-refractivity contribution in [3.05, 3.63) is 46.5 Å². The molecule has 1 aliphatic carbocycles. The van der Waals surface area contributed by atoms with E-state index in [1.165, 1.54) is 0 Å². The number of rotatable bonds is 2. The molecule has 2 N–H and O–H groups in total. The maximum atomic E-state index is 11.4. The summed E-state index contributed by atoms with van der Waals surface area (Å²) in [5, 5.41) is 20.0. The Balaban J connectivity index is 2.55. The molecule has 2 bridgehead atoms. The van der Waals surface area contributed by atoms with Crippen molar-refractivity contribution < 1.29 is 19.8 Å². The van der Waals surface area contributed by atoms with E-state index in [4.69, 9.17) is 0 Å². The normalized spacial score (nSPS) is 12.9. The van der Waals surface area contributed by atoms with Gasteiger partial charge in [0.15, 0.2) is 0 Å². The van der Waals surface area contributed by atoms with Crippen molar-refractivity contribution in [2.24, 2.45) is 0 Å². The quantitative estimate of drug-likeness (QED) is 0.847. The number of carboxylic acid groups (broad SMARTS) is 2. The Morgan fingerprint density at radius 1 is 0.833 bits per heavy atom. The molecule has 0 radical (unpaired) electrons. The number of aryl methyl sites for hydroxylation is 1. The molecular weight excluding hydrogens is 232 g/mol. The van der Waals surface area contributed by atoms with Crippen LogP contribution in [0.5, 0.6) is 0 Å². The minimum atomic E-state index is -1.06. The molecule has 2 aromatic rings. The van der Waals surface area contributed by atoms with Crippen LogP contribution in [0.2, 0.25) is 0 Å². The van der Waals surface area contributed by atoms with Gasteiger partial charge in [-0.1, -0.05) is 24.3 Å². The minimum absolute atomic E-state index is 0.143. The summed E-state index contributed by atoms with van der Waals surface area (Å²) in [6, 6.07) is 7.10. The van der Waals surface area contributed by atoms with Crippen molar-refractivity contribution in [3.8, 4) is 0 Å². The van der Waals surface area contributed by atoms with Crippen molar-refractivity contribution in [2.45, 2.75) is 12.8 Å². The molecule has 0 amide bonds. The second-order valence-corrected chi connectivity index (χ2v) is 4.36. The smallest absolute Gasteiger partial charge is 0.336 e. The number of hydrogen-bond donors (Lipinski definition) is 2. The van der Waals surface area contributed by atoms with Gasteiger partial charge in [0, 0.05) is 0 Å². The summed E-state index contributed by atoms with van der Waals surface area (Å²) in [4.78, 5) is 22.7. The largest absolute Gasteiger partial charge is 0.478 e. The molecule has 0 saturated heterocycles. The highest BCUT2D eigenvalue weighted by atomic mass is 16.4. The van der Waals surface area contributed by atoms with Gasteiger partial charge in [-0.2, -0.15) is 0 Å². The van der Waals surface area contributed by atoms with Crippen molar-refractivity contribution in [1.82, 2.24) is 0 Å². The first-order chi connectivity index (χ1) is 8.61. The summed E-state index contributed by atoms with van der Waals surface area (Å²) in [7, 11) is 0. The molecule has 90 valence electrons. The van der Waals surface area contributed by atoms with Gasteiger partial charge in [0.25, 0.3) is 0 Å². The van der Waals surface area contributed by atoms with Gasteiger partial charge in [-0.15, -0.1) is 0 Å². The lowest BCUT2D eigenvalue weighted by atomic mass is 9.94. The van der Waals surface area contributed by atoms with Crippen molar-refractivity contribution >= 4 is 22.7 Å². The molecular formula is C14H10O4. The van der Waals surface area contributed by atoms with E-state index in [1.807, 2.05) is 0 Å². The summed E-state index contributed by atoms with van der Waals surface area (Å²) in [6.07, 6.45) is 1.10. The highest BCUT2D eigenvalue weighted by Crippen LogP contribution is 2.37. The van der Waals surface area contributed by atoms with Gasteiger partial charge in [-0.3, -0.25) is 0 Å². The first-order valence-electron chi connectivity index (χ1n) is 5.64. The lowest BCUT2D eigenvalue weighted by Gasteiger charge is -2.09. The summed E-state index contributed by atoms with van der Waals surface area (Å²) in [5.74, 6) is -2.09. The Bertz CT molecular complexity index is 700. The lowest BCUT2D eigenvalue weighted by molar-refractivity contribution is 0.0696. The van der Waals surface area contributed by atoms with Crippen molar-refractivity contribution in [3.63, 3.8) is 0 Å². The second-order valence-electron chi connectivity index (χ2n) is 4.36. The first-order valence-corrected chi connectivity index (χ1v) is 5.64. The van der Waals surface area contributed by atoms with Crippen LogP contribution in [0.15, 0.2) is 24.3 Å². The fourth-order valence-electron chi connectivity index (χ4n) is 2.83. The number of aromatic carboxylic acids is 2. The van der Waals surface area contributed by atoms with Crippen LogP contribution in [-0.2, 0) is 12.8 Å². The standard InChI is InChI=1S/C14H10O4/c15-13(16)11-8-4-2-1-3-7(8)9-5-6-10(11)12(9)14(17)18/h1-4H,5-6H2,(H,15,16)(H,17,18). The van der Waals surface area contributed by atoms with E-state index in [0.717, 1.165) is 10.9 Å². The van der Waals surface area contributed by atoms with E-state index in [1.54, 1.807) is 24.3 Å². The van der Waals surface area contributed by atoms with Crippen LogP contribution in [0.3, 0.4) is 0 Å². The molecule has 1 aliphatic rings. The van der Waals surface area contributed by atoms with Gasteiger partial charge in [0.1, 0.15) is 0 Å². The lowest BCUT2D eigenvalue weighted by Crippen LogP contribution is -2.08. The average molecular weight is 242 g/mol. The topological polar surface area (TPSA) is 74.6 Å². The van der Waals surface area contributed by atoms with Crippen molar-refractivity contribution in [2.75, 3.05) is 0 Å². The predicted octanol–water partition coefficient (Wildman–Crippen LogP) is 2.33. The number of hydrogen-bond acceptors (Lipinski definition) is 2. The molecule has 0 heterocycles. The van der Waals surface area contributed by atoms with E-state index >= 15 is 0 Å². The fourth-order valence-corrected chi connectivity index (χ4v) is 2.83. The zero-order valence-corrected chi connectivity index (χ0v) is 9.43. The van der Waals surface area contributed by atoms with Crippen LogP contribution in [0.25, 0.3) is 10.8 Å². The molecule has 4 heteroatoms. The Hall–Kier alpha value is -2.36. The van der Waals surface area contributed by atoms with E-state index < -0.39 is 11.9 Å². The van der Waals surface area contributed by atoms with Gasteiger partial charge in [0.05, 0.1) is 11.1 Å². The predicted molar refractivity (Wildman–Crippen MR) is 65.3 cm³/mol. The number of carboxylic acids is 2. The average Bonchev–Trinajstić information content (AvgIpc) is 2.67. The molecule has 4 nitrogen and oxygen atoms in total. The van der Waals surface area contributed by atoms with E-state index in [-0.39, 0.29) is 11.1 Å². The van der Waals surface area contributed by atoms with Gasteiger partial charge < -0.3 is 10.2 Å². The zero-order valence-electron chi connectivity index (χ0n) is 9.43. The highest BCUT2D eigenvalue weighted by molar-refractivity contribution is 6.11. The number of carbonyl (C=O) groups is 2. The summed E-state index contributed by atoms with van der Waals surface area (Å²) >= 11 is 0.